The summed E-state index contributed by atoms with van der Waals surface area (Å²) in [6.45, 7) is 0.572. The summed E-state index contributed by atoms with van der Waals surface area (Å²) in [5.41, 5.74) is 1.90. The third-order valence-electron chi connectivity index (χ3n) is 3.03. The number of hydrogen-bond acceptors (Lipinski definition) is 3. The first-order valence-electron chi connectivity index (χ1n) is 5.99. The lowest BCUT2D eigenvalue weighted by Gasteiger charge is -2.10. The predicted octanol–water partition coefficient (Wildman–Crippen LogP) is 2.19. The Hall–Kier alpha value is -1.82. The van der Waals surface area contributed by atoms with Crippen LogP contribution in [0.5, 0.6) is 5.75 Å². The van der Waals surface area contributed by atoms with Crippen LogP contribution in [-0.2, 0) is 11.3 Å². The second-order valence-corrected chi connectivity index (χ2v) is 4.89. The van der Waals surface area contributed by atoms with Crippen LogP contribution < -0.4 is 4.74 Å². The molecule has 0 fully saturated rings. The molecule has 0 aliphatic heterocycles. The molecule has 0 radical (unpaired) electrons. The van der Waals surface area contributed by atoms with E-state index in [1.54, 1.807) is 26.1 Å². The van der Waals surface area contributed by atoms with Crippen molar-refractivity contribution in [1.82, 2.24) is 14.5 Å². The van der Waals surface area contributed by atoms with Gasteiger partial charge < -0.3 is 19.2 Å². The van der Waals surface area contributed by atoms with Crippen molar-refractivity contribution in [2.24, 2.45) is 0 Å². The Morgan fingerprint density at radius 1 is 1.47 bits per heavy atom. The lowest BCUT2D eigenvalue weighted by molar-refractivity contribution is -0.128. The van der Waals surface area contributed by atoms with Gasteiger partial charge >= 0.3 is 0 Å². The summed E-state index contributed by atoms with van der Waals surface area (Å²) in [5.74, 6) is 0.866. The molecule has 1 heterocycles. The van der Waals surface area contributed by atoms with Crippen molar-refractivity contribution in [3.63, 3.8) is 0 Å². The van der Waals surface area contributed by atoms with Gasteiger partial charge in [0.1, 0.15) is 5.75 Å². The summed E-state index contributed by atoms with van der Waals surface area (Å²) < 4.78 is 7.73. The van der Waals surface area contributed by atoms with E-state index in [0.29, 0.717) is 17.7 Å². The van der Waals surface area contributed by atoms with Crippen molar-refractivity contribution >= 4 is 29.2 Å². The van der Waals surface area contributed by atoms with Crippen LogP contribution in [0.15, 0.2) is 18.2 Å². The molecule has 2 aromatic rings. The van der Waals surface area contributed by atoms with Crippen molar-refractivity contribution in [1.29, 1.82) is 0 Å². The maximum Gasteiger partial charge on any atom is 0.223 e. The molecule has 1 N–H and O–H groups in total. The molecular weight excluding hydrogens is 262 g/mol. The molecule has 0 saturated carbocycles. The van der Waals surface area contributed by atoms with E-state index >= 15 is 0 Å². The second kappa shape index (κ2) is 5.44. The number of ether oxygens (including phenoxy) is 1. The maximum atomic E-state index is 11.6. The average molecular weight is 279 g/mol. The summed E-state index contributed by atoms with van der Waals surface area (Å²) in [6.07, 6.45) is 0.431. The van der Waals surface area contributed by atoms with Crippen molar-refractivity contribution in [2.75, 3.05) is 21.2 Å². The van der Waals surface area contributed by atoms with Crippen LogP contribution in [-0.4, -0.2) is 41.6 Å². The Bertz CT molecular complexity index is 657. The zero-order valence-corrected chi connectivity index (χ0v) is 12.1. The van der Waals surface area contributed by atoms with Crippen molar-refractivity contribution in [2.45, 2.75) is 13.0 Å². The van der Waals surface area contributed by atoms with Gasteiger partial charge in [-0.2, -0.15) is 0 Å². The van der Waals surface area contributed by atoms with Crippen LogP contribution in [0.2, 0.25) is 0 Å². The van der Waals surface area contributed by atoms with E-state index in [1.165, 1.54) is 0 Å². The van der Waals surface area contributed by atoms with Gasteiger partial charge in [-0.05, 0) is 24.4 Å². The number of fused-ring (bicyclic) bond motifs is 1. The van der Waals surface area contributed by atoms with Gasteiger partial charge in [-0.3, -0.25) is 4.79 Å². The molecule has 102 valence electrons. The lowest BCUT2D eigenvalue weighted by Crippen LogP contribution is -2.22. The topological polar surface area (TPSA) is 50.3 Å². The number of aryl methyl sites for hydroxylation is 1. The molecule has 0 spiro atoms. The molecule has 1 aromatic carbocycles. The Labute approximate surface area is 116 Å². The number of imidazole rings is 1. The van der Waals surface area contributed by atoms with Crippen LogP contribution in [0.1, 0.15) is 6.42 Å². The Morgan fingerprint density at radius 2 is 2.21 bits per heavy atom. The molecule has 1 amide bonds. The van der Waals surface area contributed by atoms with Crippen LogP contribution in [0, 0.1) is 4.77 Å². The fourth-order valence-electron chi connectivity index (χ4n) is 1.92. The highest BCUT2D eigenvalue weighted by Crippen LogP contribution is 2.20. The minimum atomic E-state index is 0.0877. The van der Waals surface area contributed by atoms with Crippen LogP contribution >= 0.6 is 12.2 Å². The van der Waals surface area contributed by atoms with E-state index < -0.39 is 0 Å². The number of carbonyl (C=O) groups excluding carboxylic acids is 1. The first-order valence-corrected chi connectivity index (χ1v) is 6.40. The fourth-order valence-corrected chi connectivity index (χ4v) is 2.22. The molecule has 0 unspecified atom stereocenters. The standard InChI is InChI=1S/C13H17N3O2S/c1-15(2)12(17)6-7-16-11-5-4-9(18-3)8-10(11)14-13(16)19/h4-5,8H,6-7H2,1-3H3,(H,14,19). The van der Waals surface area contributed by atoms with E-state index in [2.05, 4.69) is 4.98 Å². The highest BCUT2D eigenvalue weighted by molar-refractivity contribution is 7.71. The minimum absolute atomic E-state index is 0.0877. The smallest absolute Gasteiger partial charge is 0.223 e. The van der Waals surface area contributed by atoms with E-state index in [1.807, 2.05) is 22.8 Å². The van der Waals surface area contributed by atoms with E-state index in [4.69, 9.17) is 17.0 Å². The van der Waals surface area contributed by atoms with Crippen molar-refractivity contribution < 1.29 is 9.53 Å². The number of nitrogens with zero attached hydrogens (tertiary/aromatic N) is 2. The molecule has 5 nitrogen and oxygen atoms in total. The summed E-state index contributed by atoms with van der Waals surface area (Å²) in [7, 11) is 5.13. The Kier molecular flexibility index (Phi) is 3.90. The third kappa shape index (κ3) is 2.78. The summed E-state index contributed by atoms with van der Waals surface area (Å²) in [5, 5.41) is 0. The molecule has 0 bridgehead atoms. The highest BCUT2D eigenvalue weighted by atomic mass is 32.1. The van der Waals surface area contributed by atoms with Gasteiger partial charge in [-0.1, -0.05) is 0 Å². The molecule has 1 aromatic heterocycles. The number of methoxy groups -OCH3 is 1. The van der Waals surface area contributed by atoms with Crippen molar-refractivity contribution in [3.05, 3.63) is 23.0 Å². The second-order valence-electron chi connectivity index (χ2n) is 4.50. The van der Waals surface area contributed by atoms with Gasteiger partial charge in [-0.25, -0.2) is 0 Å². The molecular formula is C13H17N3O2S. The quantitative estimate of drug-likeness (QED) is 0.873. The van der Waals surface area contributed by atoms with Crippen molar-refractivity contribution in [3.8, 4) is 5.75 Å². The lowest BCUT2D eigenvalue weighted by atomic mass is 10.3. The number of aromatic nitrogens is 2. The molecule has 19 heavy (non-hydrogen) atoms. The monoisotopic (exact) mass is 279 g/mol. The largest absolute Gasteiger partial charge is 0.497 e. The molecule has 0 aliphatic carbocycles. The van der Waals surface area contributed by atoms with E-state index in [-0.39, 0.29) is 5.91 Å². The third-order valence-corrected chi connectivity index (χ3v) is 3.35. The Morgan fingerprint density at radius 3 is 2.84 bits per heavy atom. The Balaban J connectivity index is 2.30. The summed E-state index contributed by atoms with van der Waals surface area (Å²) in [4.78, 5) is 16.3. The molecule has 0 aliphatic rings. The zero-order chi connectivity index (χ0) is 14.0. The first kappa shape index (κ1) is 13.6. The van der Waals surface area contributed by atoms with Gasteiger partial charge in [-0.15, -0.1) is 0 Å². The highest BCUT2D eigenvalue weighted by Gasteiger charge is 2.09. The van der Waals surface area contributed by atoms with Gasteiger partial charge in [0.15, 0.2) is 4.77 Å². The summed E-state index contributed by atoms with van der Waals surface area (Å²) >= 11 is 5.29. The number of amides is 1. The number of carbonyl (C=O) groups is 1. The average Bonchev–Trinajstić information content (AvgIpc) is 2.70. The zero-order valence-electron chi connectivity index (χ0n) is 11.3. The van der Waals surface area contributed by atoms with E-state index in [9.17, 15) is 4.79 Å². The SMILES string of the molecule is COc1ccc2c(c1)[nH]c(=S)n2CCC(=O)N(C)C. The fraction of sp³-hybridized carbons (Fsp3) is 0.385. The number of hydrogen-bond donors (Lipinski definition) is 1. The molecule has 0 atom stereocenters. The molecule has 2 rings (SSSR count). The molecule has 6 heteroatoms. The van der Waals surface area contributed by atoms with Gasteiger partial charge in [0.2, 0.25) is 5.91 Å². The number of rotatable bonds is 4. The van der Waals surface area contributed by atoms with Gasteiger partial charge in [0.25, 0.3) is 0 Å². The normalized spacial score (nSPS) is 10.7. The van der Waals surface area contributed by atoms with Gasteiger partial charge in [0.05, 0.1) is 18.1 Å². The summed E-state index contributed by atoms with van der Waals surface area (Å²) in [6, 6.07) is 5.73. The maximum absolute atomic E-state index is 11.6. The predicted molar refractivity (Wildman–Crippen MR) is 77.0 cm³/mol. The van der Waals surface area contributed by atoms with Crippen LogP contribution in [0.25, 0.3) is 11.0 Å². The number of nitrogens with one attached hydrogen (secondary N) is 1. The van der Waals surface area contributed by atoms with Gasteiger partial charge in [0, 0.05) is 33.1 Å². The number of benzene rings is 1. The number of H-pyrrole nitrogens is 1. The van der Waals surface area contributed by atoms with E-state index in [0.717, 1.165) is 16.8 Å². The van der Waals surface area contributed by atoms with Crippen LogP contribution in [0.4, 0.5) is 0 Å². The van der Waals surface area contributed by atoms with Crippen LogP contribution in [0.3, 0.4) is 0 Å². The minimum Gasteiger partial charge on any atom is -0.497 e. The first-order chi connectivity index (χ1) is 9.02. The number of aromatic amines is 1. The molecule has 0 saturated heterocycles.